The van der Waals surface area contributed by atoms with Gasteiger partial charge in [-0.25, -0.2) is 18.7 Å². The largest absolute Gasteiger partial charge is 0.494 e. The van der Waals surface area contributed by atoms with Gasteiger partial charge in [0.15, 0.2) is 0 Å². The molecule has 7 nitrogen and oxygen atoms in total. The van der Waals surface area contributed by atoms with E-state index < -0.39 is 11.9 Å². The lowest BCUT2D eigenvalue weighted by Gasteiger charge is -2.07. The second-order valence-corrected chi connectivity index (χ2v) is 9.20. The van der Waals surface area contributed by atoms with Crippen LogP contribution < -0.4 is 14.0 Å². The topological polar surface area (TPSA) is 70.6 Å². The second-order valence-electron chi connectivity index (χ2n) is 9.20. The Morgan fingerprint density at radius 2 is 1.44 bits per heavy atom. The molecule has 1 aromatic heterocycles. The monoisotopic (exact) mass is 549 g/mol. The van der Waals surface area contributed by atoms with Crippen molar-refractivity contribution in [3.8, 4) is 11.5 Å². The highest BCUT2D eigenvalue weighted by Crippen LogP contribution is 2.18. The zero-order valence-corrected chi connectivity index (χ0v) is 22.9. The van der Waals surface area contributed by atoms with Gasteiger partial charge in [0.2, 0.25) is 6.33 Å². The number of imidazole rings is 1. The minimum atomic E-state index is -0.404. The SMILES string of the molecule is C=CC(=O)OCCCCOc1ccc(/C=C/c2ccc(OC(=O)c3ccc(C[n+]4ccn(C=C)c4)cc3)cc2)cc1. The van der Waals surface area contributed by atoms with Crippen molar-refractivity contribution in [2.75, 3.05) is 13.2 Å². The van der Waals surface area contributed by atoms with E-state index in [9.17, 15) is 9.59 Å². The third-order valence-corrected chi connectivity index (χ3v) is 6.13. The van der Waals surface area contributed by atoms with Gasteiger partial charge in [-0.05, 0) is 65.9 Å². The van der Waals surface area contributed by atoms with Gasteiger partial charge in [-0.2, -0.15) is 0 Å². The van der Waals surface area contributed by atoms with Crippen molar-refractivity contribution in [3.05, 3.63) is 133 Å². The van der Waals surface area contributed by atoms with E-state index >= 15 is 0 Å². The molecule has 0 atom stereocenters. The molecular weight excluding hydrogens is 516 g/mol. The highest BCUT2D eigenvalue weighted by atomic mass is 16.5. The summed E-state index contributed by atoms with van der Waals surface area (Å²) in [7, 11) is 0. The quantitative estimate of drug-likeness (QED) is 0.0468. The second kappa shape index (κ2) is 14.8. The molecule has 3 aromatic carbocycles. The van der Waals surface area contributed by atoms with Gasteiger partial charge in [0, 0.05) is 6.08 Å². The van der Waals surface area contributed by atoms with Crippen LogP contribution in [-0.2, 0) is 16.1 Å². The lowest BCUT2D eigenvalue weighted by Crippen LogP contribution is -2.31. The zero-order chi connectivity index (χ0) is 28.9. The Kier molecular flexibility index (Phi) is 10.4. The highest BCUT2D eigenvalue weighted by Gasteiger charge is 2.10. The third-order valence-electron chi connectivity index (χ3n) is 6.13. The summed E-state index contributed by atoms with van der Waals surface area (Å²) in [5.74, 6) is 0.466. The lowest BCUT2D eigenvalue weighted by molar-refractivity contribution is -0.687. The number of esters is 2. The van der Waals surface area contributed by atoms with E-state index in [1.165, 1.54) is 0 Å². The Balaban J connectivity index is 1.21. The van der Waals surface area contributed by atoms with E-state index in [-0.39, 0.29) is 0 Å². The van der Waals surface area contributed by atoms with Crippen molar-refractivity contribution in [3.63, 3.8) is 0 Å². The van der Waals surface area contributed by atoms with Crippen LogP contribution in [0.3, 0.4) is 0 Å². The van der Waals surface area contributed by atoms with Crippen molar-refractivity contribution in [1.82, 2.24) is 4.57 Å². The first-order valence-corrected chi connectivity index (χ1v) is 13.3. The maximum absolute atomic E-state index is 12.6. The van der Waals surface area contributed by atoms with Crippen LogP contribution in [0.1, 0.15) is 39.9 Å². The molecule has 1 heterocycles. The van der Waals surface area contributed by atoms with Crippen molar-refractivity contribution in [1.29, 1.82) is 0 Å². The lowest BCUT2D eigenvalue weighted by atomic mass is 10.1. The predicted octanol–water partition coefficient (Wildman–Crippen LogP) is 6.20. The molecule has 0 fully saturated rings. The zero-order valence-electron chi connectivity index (χ0n) is 22.9. The molecule has 0 aliphatic carbocycles. The van der Waals surface area contributed by atoms with Crippen LogP contribution in [0.25, 0.3) is 18.4 Å². The number of rotatable bonds is 14. The summed E-state index contributed by atoms with van der Waals surface area (Å²) in [5, 5.41) is 0. The number of nitrogens with zero attached hydrogens (tertiary/aromatic N) is 2. The number of ether oxygens (including phenoxy) is 3. The predicted molar refractivity (Wildman–Crippen MR) is 159 cm³/mol. The normalized spacial score (nSPS) is 10.7. The van der Waals surface area contributed by atoms with Crippen molar-refractivity contribution in [2.45, 2.75) is 19.4 Å². The van der Waals surface area contributed by atoms with Crippen molar-refractivity contribution >= 4 is 30.3 Å². The molecule has 0 aliphatic rings. The molecule has 0 unspecified atom stereocenters. The van der Waals surface area contributed by atoms with Crippen LogP contribution in [0.4, 0.5) is 0 Å². The van der Waals surface area contributed by atoms with Crippen molar-refractivity contribution in [2.24, 2.45) is 0 Å². The van der Waals surface area contributed by atoms with E-state index in [1.54, 1.807) is 30.5 Å². The number of hydrogen-bond donors (Lipinski definition) is 0. The molecule has 0 saturated heterocycles. The third kappa shape index (κ3) is 9.21. The van der Waals surface area contributed by atoms with Crippen LogP contribution in [0.15, 0.2) is 111 Å². The molecule has 7 heteroatoms. The van der Waals surface area contributed by atoms with Gasteiger partial charge in [-0.1, -0.05) is 61.7 Å². The minimum Gasteiger partial charge on any atom is -0.494 e. The number of aromatic nitrogens is 2. The number of hydrogen-bond acceptors (Lipinski definition) is 5. The fraction of sp³-hybridized carbons (Fsp3) is 0.147. The summed E-state index contributed by atoms with van der Waals surface area (Å²) >= 11 is 0. The first kappa shape index (κ1) is 28.8. The Hall–Kier alpha value is -5.17. The number of carbonyl (C=O) groups is 2. The van der Waals surface area contributed by atoms with Crippen LogP contribution in [0.2, 0.25) is 0 Å². The van der Waals surface area contributed by atoms with Crippen LogP contribution in [0, 0.1) is 0 Å². The Morgan fingerprint density at radius 3 is 2.05 bits per heavy atom. The molecule has 0 amide bonds. The first-order valence-electron chi connectivity index (χ1n) is 13.3. The smallest absolute Gasteiger partial charge is 0.343 e. The molecule has 0 bridgehead atoms. The van der Waals surface area contributed by atoms with Gasteiger partial charge in [-0.15, -0.1) is 0 Å². The molecule has 0 aliphatic heterocycles. The van der Waals surface area contributed by atoms with E-state index in [0.29, 0.717) is 31.1 Å². The molecule has 4 rings (SSSR count). The summed E-state index contributed by atoms with van der Waals surface area (Å²) in [6.07, 6.45) is 14.2. The fourth-order valence-corrected chi connectivity index (χ4v) is 3.88. The number of benzene rings is 3. The van der Waals surface area contributed by atoms with E-state index in [2.05, 4.69) is 13.2 Å². The van der Waals surface area contributed by atoms with Gasteiger partial charge in [0.1, 0.15) is 30.4 Å². The first-order chi connectivity index (χ1) is 20.0. The van der Waals surface area contributed by atoms with Gasteiger partial charge in [0.25, 0.3) is 0 Å². The van der Waals surface area contributed by atoms with Gasteiger partial charge in [-0.3, -0.25) is 0 Å². The maximum atomic E-state index is 12.6. The summed E-state index contributed by atoms with van der Waals surface area (Å²) in [4.78, 5) is 23.6. The Bertz CT molecular complexity index is 1480. The molecule has 4 aromatic rings. The maximum Gasteiger partial charge on any atom is 0.343 e. The average Bonchev–Trinajstić information content (AvgIpc) is 3.46. The Labute approximate surface area is 240 Å². The summed E-state index contributed by atoms with van der Waals surface area (Å²) in [6, 6.07) is 22.6. The van der Waals surface area contributed by atoms with Gasteiger partial charge < -0.3 is 14.2 Å². The summed E-state index contributed by atoms with van der Waals surface area (Å²) in [6.45, 7) is 8.72. The van der Waals surface area contributed by atoms with Crippen molar-refractivity contribution < 1.29 is 28.4 Å². The summed E-state index contributed by atoms with van der Waals surface area (Å²) in [5.41, 5.74) is 3.58. The number of unbranched alkanes of at least 4 members (excludes halogenated alkanes) is 1. The van der Waals surface area contributed by atoms with Gasteiger partial charge in [0.05, 0.1) is 25.0 Å². The molecular formula is C34H33N2O5+. The molecule has 0 spiro atoms. The molecule has 0 N–H and O–H groups in total. The van der Waals surface area contributed by atoms with E-state index in [0.717, 1.165) is 41.4 Å². The van der Waals surface area contributed by atoms with Gasteiger partial charge >= 0.3 is 11.9 Å². The molecule has 41 heavy (non-hydrogen) atoms. The van der Waals surface area contributed by atoms with Crippen LogP contribution >= 0.6 is 0 Å². The summed E-state index contributed by atoms with van der Waals surface area (Å²) < 4.78 is 20.1. The average molecular weight is 550 g/mol. The number of carbonyl (C=O) groups excluding carboxylic acids is 2. The molecule has 208 valence electrons. The van der Waals surface area contributed by atoms with Crippen LogP contribution in [-0.4, -0.2) is 29.7 Å². The van der Waals surface area contributed by atoms with Crippen LogP contribution in [0.5, 0.6) is 11.5 Å². The Morgan fingerprint density at radius 1 is 0.805 bits per heavy atom. The highest BCUT2D eigenvalue weighted by molar-refractivity contribution is 5.91. The molecule has 0 saturated carbocycles. The standard InChI is InChI=1S/C34H33N2O5/c1-3-33(37)40-24-6-5-23-39-31-17-11-27(12-18-31)7-8-28-13-19-32(20-14-28)41-34(38)30-15-9-29(10-16-30)25-36-22-21-35(4-2)26-36/h3-4,7-22,26H,1-2,5-6,23-25H2/q+1/b8-7+. The molecule has 0 radical (unpaired) electrons. The van der Waals surface area contributed by atoms with E-state index in [4.69, 9.17) is 14.2 Å². The fourth-order valence-electron chi connectivity index (χ4n) is 3.88. The minimum absolute atomic E-state index is 0.363. The van der Waals surface area contributed by atoms with E-state index in [1.807, 2.05) is 88.5 Å².